The molecule has 0 aliphatic carbocycles. The molecule has 0 spiro atoms. The Morgan fingerprint density at radius 3 is 1.12 bits per heavy atom. The van der Waals surface area contributed by atoms with E-state index in [9.17, 15) is 30.3 Å². The maximum atomic E-state index is 13.1. The van der Waals surface area contributed by atoms with Crippen LogP contribution in [0.2, 0.25) is 0 Å². The van der Waals surface area contributed by atoms with Gasteiger partial charge in [-0.2, -0.15) is 0 Å². The van der Waals surface area contributed by atoms with Gasteiger partial charge in [0.1, 0.15) is 24.4 Å². The van der Waals surface area contributed by atoms with Crippen molar-refractivity contribution in [2.24, 2.45) is 0 Å². The lowest BCUT2D eigenvalue weighted by atomic mass is 9.99. The number of aliphatic hydroxyl groups excluding tert-OH is 5. The van der Waals surface area contributed by atoms with E-state index < -0.39 is 49.5 Å². The maximum absolute atomic E-state index is 13.1. The summed E-state index contributed by atoms with van der Waals surface area (Å²) in [5, 5.41) is 54.7. The first-order valence-electron chi connectivity index (χ1n) is 34.7. The van der Waals surface area contributed by atoms with Crippen molar-refractivity contribution in [2.75, 3.05) is 13.2 Å². The van der Waals surface area contributed by atoms with Gasteiger partial charge in [0, 0.05) is 6.42 Å². The molecule has 0 aromatic rings. The molecule has 1 fully saturated rings. The number of aliphatic hydroxyl groups is 5. The van der Waals surface area contributed by atoms with Gasteiger partial charge in [-0.1, -0.05) is 294 Å². The number of carbonyl (C=O) groups excluding carboxylic acids is 1. The first-order chi connectivity index (χ1) is 42.3. The van der Waals surface area contributed by atoms with Crippen LogP contribution in [0.1, 0.15) is 264 Å². The van der Waals surface area contributed by atoms with Gasteiger partial charge < -0.3 is 40.3 Å². The average molecular weight is 1190 g/mol. The molecule has 9 nitrogen and oxygen atoms in total. The summed E-state index contributed by atoms with van der Waals surface area (Å²) in [5.74, 6) is -0.211. The Balaban J connectivity index is 2.22. The highest BCUT2D eigenvalue weighted by molar-refractivity contribution is 5.76. The van der Waals surface area contributed by atoms with Crippen molar-refractivity contribution in [1.82, 2.24) is 5.32 Å². The molecule has 86 heavy (non-hydrogen) atoms. The standard InChI is InChI=1S/C77H127NO8/c1-3-5-7-9-11-13-15-17-19-21-23-25-27-29-31-32-33-34-35-36-37-38-39-40-41-43-45-47-49-51-53-55-57-59-61-63-65-67-73(81)78-70(69-85-77-76(84)75(83)74(82)72(68-79)86-77)71(80)66-64-62-60-58-56-54-52-50-48-46-44-42-30-28-26-24-22-20-18-16-14-12-10-8-6-4-2/h5,7,11,13,17,19,23,25,29,31,33-34,36-37,39-40,43,45,48-51,56,58,64,66,70-72,74-77,79-80,82-84H,3-4,6,8-10,12,14-16,18,20-22,24,26-28,30,32,35,38,41-42,44,46-47,52-55,57,59-63,65,67-69H2,1-2H3,(H,78,81)/b7-5-,13-11-,19-17-,25-23-,31-29-,34-33-,37-36-,40-39-,45-43-,50-48+,51-49-,58-56+,66-64+. The molecule has 1 rings (SSSR count). The Kier molecular flexibility index (Phi) is 59.2. The van der Waals surface area contributed by atoms with E-state index in [1.54, 1.807) is 6.08 Å². The van der Waals surface area contributed by atoms with Crippen LogP contribution in [-0.4, -0.2) is 87.5 Å². The molecule has 488 valence electrons. The highest BCUT2D eigenvalue weighted by Crippen LogP contribution is 2.23. The Hall–Kier alpha value is -4.19. The first-order valence-corrected chi connectivity index (χ1v) is 34.7. The lowest BCUT2D eigenvalue weighted by Gasteiger charge is -2.40. The predicted octanol–water partition coefficient (Wildman–Crippen LogP) is 19.1. The average Bonchev–Trinajstić information content (AvgIpc) is 2.44. The first kappa shape index (κ1) is 79.8. The van der Waals surface area contributed by atoms with E-state index >= 15 is 0 Å². The number of carbonyl (C=O) groups is 1. The summed E-state index contributed by atoms with van der Waals surface area (Å²) in [6.45, 7) is 3.64. The summed E-state index contributed by atoms with van der Waals surface area (Å²) in [5.41, 5.74) is 0. The van der Waals surface area contributed by atoms with Gasteiger partial charge in [0.25, 0.3) is 0 Å². The quantitative estimate of drug-likeness (QED) is 0.0261. The van der Waals surface area contributed by atoms with Crippen molar-refractivity contribution < 1.29 is 39.8 Å². The Labute approximate surface area is 526 Å². The van der Waals surface area contributed by atoms with Gasteiger partial charge in [0.15, 0.2) is 6.29 Å². The molecule has 7 unspecified atom stereocenters. The van der Waals surface area contributed by atoms with Gasteiger partial charge in [-0.3, -0.25) is 4.79 Å². The van der Waals surface area contributed by atoms with E-state index in [0.29, 0.717) is 6.42 Å². The molecular weight excluding hydrogens is 1070 g/mol. The van der Waals surface area contributed by atoms with E-state index in [2.05, 4.69) is 165 Å². The summed E-state index contributed by atoms with van der Waals surface area (Å²) in [6, 6.07) is -0.850. The minimum absolute atomic E-state index is 0.211. The molecule has 1 aliphatic rings. The fraction of sp³-hybridized carbons (Fsp3) is 0.649. The van der Waals surface area contributed by atoms with Crippen LogP contribution in [0.3, 0.4) is 0 Å². The lowest BCUT2D eigenvalue weighted by molar-refractivity contribution is -0.302. The molecule has 1 saturated heterocycles. The minimum Gasteiger partial charge on any atom is -0.394 e. The third kappa shape index (κ3) is 51.8. The Morgan fingerprint density at radius 2 is 0.733 bits per heavy atom. The van der Waals surface area contributed by atoms with Crippen LogP contribution in [0.5, 0.6) is 0 Å². The summed E-state index contributed by atoms with van der Waals surface area (Å²) >= 11 is 0. The molecule has 6 N–H and O–H groups in total. The third-order valence-corrected chi connectivity index (χ3v) is 15.3. The number of nitrogens with one attached hydrogen (secondary N) is 1. The summed E-state index contributed by atoms with van der Waals surface area (Å²) < 4.78 is 11.3. The fourth-order valence-electron chi connectivity index (χ4n) is 9.92. The van der Waals surface area contributed by atoms with Gasteiger partial charge in [-0.05, 0) is 122 Å². The Bertz CT molecular complexity index is 1920. The number of rotatable bonds is 58. The van der Waals surface area contributed by atoms with Crippen molar-refractivity contribution in [3.05, 3.63) is 158 Å². The number of ether oxygens (including phenoxy) is 2. The normalized spacial score (nSPS) is 19.1. The fourth-order valence-corrected chi connectivity index (χ4v) is 9.92. The second-order valence-corrected chi connectivity index (χ2v) is 23.2. The highest BCUT2D eigenvalue weighted by atomic mass is 16.7. The maximum Gasteiger partial charge on any atom is 0.220 e. The van der Waals surface area contributed by atoms with Gasteiger partial charge in [-0.25, -0.2) is 0 Å². The van der Waals surface area contributed by atoms with Gasteiger partial charge in [0.2, 0.25) is 5.91 Å². The van der Waals surface area contributed by atoms with Crippen molar-refractivity contribution in [3.8, 4) is 0 Å². The zero-order valence-corrected chi connectivity index (χ0v) is 54.5. The molecular formula is C77H127NO8. The molecule has 1 aliphatic heterocycles. The van der Waals surface area contributed by atoms with Crippen molar-refractivity contribution >= 4 is 5.91 Å². The number of amides is 1. The molecule has 0 saturated carbocycles. The molecule has 7 atom stereocenters. The SMILES string of the molecule is CC/C=C\C/C=C\C/C=C\C/C=C\C/C=C\C/C=C\C/C=C\C/C=C\C/C=C\C/C=C\CCCCCCCCC(=O)NC(COC1OC(CO)C(O)C(O)C1O)C(O)/C=C/CC/C=C/CC/C=C/CCCCCCCCCCCCCCCCCC. The summed E-state index contributed by atoms with van der Waals surface area (Å²) in [4.78, 5) is 13.1. The zero-order valence-electron chi connectivity index (χ0n) is 54.5. The molecule has 0 aromatic carbocycles. The molecule has 1 amide bonds. The molecule has 0 bridgehead atoms. The zero-order chi connectivity index (χ0) is 62.1. The van der Waals surface area contributed by atoms with E-state index in [1.165, 1.54) is 103 Å². The molecule has 0 aromatic heterocycles. The summed E-state index contributed by atoms with van der Waals surface area (Å²) in [6.07, 6.45) is 93.3. The van der Waals surface area contributed by atoms with Gasteiger partial charge in [-0.15, -0.1) is 0 Å². The van der Waals surface area contributed by atoms with Crippen molar-refractivity contribution in [3.63, 3.8) is 0 Å². The lowest BCUT2D eigenvalue weighted by Crippen LogP contribution is -2.60. The minimum atomic E-state index is -1.59. The molecule has 0 radical (unpaired) electrons. The van der Waals surface area contributed by atoms with Crippen LogP contribution in [-0.2, 0) is 14.3 Å². The number of allylic oxidation sites excluding steroid dienone is 25. The van der Waals surface area contributed by atoms with Crippen LogP contribution in [0.4, 0.5) is 0 Å². The molecule has 9 heteroatoms. The van der Waals surface area contributed by atoms with E-state index in [-0.39, 0.29) is 12.5 Å². The third-order valence-electron chi connectivity index (χ3n) is 15.3. The van der Waals surface area contributed by atoms with Crippen molar-refractivity contribution in [1.29, 1.82) is 0 Å². The summed E-state index contributed by atoms with van der Waals surface area (Å²) in [7, 11) is 0. The monoisotopic (exact) mass is 1190 g/mol. The van der Waals surface area contributed by atoms with E-state index in [1.807, 2.05) is 6.08 Å². The topological polar surface area (TPSA) is 149 Å². The van der Waals surface area contributed by atoms with Gasteiger partial charge in [0.05, 0.1) is 25.4 Å². The van der Waals surface area contributed by atoms with Crippen LogP contribution in [0.15, 0.2) is 158 Å². The van der Waals surface area contributed by atoms with Crippen LogP contribution in [0, 0.1) is 0 Å². The van der Waals surface area contributed by atoms with E-state index in [4.69, 9.17) is 9.47 Å². The van der Waals surface area contributed by atoms with Crippen LogP contribution >= 0.6 is 0 Å². The second kappa shape index (κ2) is 63.8. The largest absolute Gasteiger partial charge is 0.394 e. The van der Waals surface area contributed by atoms with Gasteiger partial charge >= 0.3 is 0 Å². The second-order valence-electron chi connectivity index (χ2n) is 23.2. The predicted molar refractivity (Wildman–Crippen MR) is 368 cm³/mol. The number of unbranched alkanes of at least 4 members (excludes halogenated alkanes) is 24. The smallest absolute Gasteiger partial charge is 0.220 e. The van der Waals surface area contributed by atoms with Crippen molar-refractivity contribution in [2.45, 2.75) is 307 Å². The number of hydrogen-bond acceptors (Lipinski definition) is 8. The van der Waals surface area contributed by atoms with Crippen LogP contribution in [0.25, 0.3) is 0 Å². The Morgan fingerprint density at radius 1 is 0.407 bits per heavy atom. The number of hydrogen-bond donors (Lipinski definition) is 6. The van der Waals surface area contributed by atoms with E-state index in [0.717, 1.165) is 141 Å². The highest BCUT2D eigenvalue weighted by Gasteiger charge is 2.44. The molecule has 1 heterocycles. The van der Waals surface area contributed by atoms with Crippen LogP contribution < -0.4 is 5.32 Å².